The fraction of sp³-hybridized carbons (Fsp3) is 0.417. The van der Waals surface area contributed by atoms with Crippen LogP contribution >= 0.6 is 0 Å². The summed E-state index contributed by atoms with van der Waals surface area (Å²) in [6.45, 7) is 8.38. The van der Waals surface area contributed by atoms with Crippen LogP contribution in [0.3, 0.4) is 0 Å². The lowest BCUT2D eigenvalue weighted by Gasteiger charge is -2.22. The van der Waals surface area contributed by atoms with Crippen molar-refractivity contribution < 1.29 is 48.7 Å². The fourth-order valence-electron chi connectivity index (χ4n) is 3.12. The molecule has 1 saturated heterocycles. The van der Waals surface area contributed by atoms with Crippen molar-refractivity contribution in [2.24, 2.45) is 0 Å². The minimum Gasteiger partial charge on any atom is -0.481 e. The lowest BCUT2D eigenvalue weighted by Crippen LogP contribution is -2.41. The van der Waals surface area contributed by atoms with Gasteiger partial charge < -0.3 is 29.5 Å². The zero-order valence-electron chi connectivity index (χ0n) is 23.6. The van der Waals surface area contributed by atoms with E-state index >= 15 is 0 Å². The van der Waals surface area contributed by atoms with E-state index in [-0.39, 0.29) is 26.9 Å². The Morgan fingerprint density at radius 1 is 0.936 bits per heavy atom. The van der Waals surface area contributed by atoms with E-state index in [0.29, 0.717) is 0 Å². The Morgan fingerprint density at radius 3 is 1.83 bits per heavy atom. The van der Waals surface area contributed by atoms with Gasteiger partial charge in [0.05, 0.1) is 12.8 Å². The van der Waals surface area contributed by atoms with Crippen molar-refractivity contribution in [3.8, 4) is 0 Å². The van der Waals surface area contributed by atoms with Crippen LogP contribution in [0.4, 0.5) is 0 Å². The molecule has 2 rings (SSSR count). The number of ether oxygens (including phenoxy) is 3. The summed E-state index contributed by atoms with van der Waals surface area (Å²) in [5, 5.41) is 27.4. The van der Waals surface area contributed by atoms with Crippen LogP contribution < -0.4 is 0 Å². The number of carbonyl (C=O) groups is 4. The fourth-order valence-corrected chi connectivity index (χ4v) is 27.8. The first-order chi connectivity index (χ1) is 21.9. The maximum absolute atomic E-state index is 11.8. The third-order valence-electron chi connectivity index (χ3n) is 4.74. The largest absolute Gasteiger partial charge is 0.481 e. The van der Waals surface area contributed by atoms with E-state index in [2.05, 4.69) is 13.2 Å². The summed E-state index contributed by atoms with van der Waals surface area (Å²) in [7, 11) is 18.1. The molecule has 1 aliphatic rings. The number of aliphatic carboxylic acids is 2. The number of hydrogen-bond acceptors (Lipinski definition) is 10. The first-order valence-electron chi connectivity index (χ1n) is 12.0. The number of carbonyl (C=O) groups excluding carboxylic acids is 2. The predicted octanol–water partition coefficient (Wildman–Crippen LogP) is 2.81. The van der Waals surface area contributed by atoms with Gasteiger partial charge in [-0.05, 0) is 12.5 Å². The van der Waals surface area contributed by atoms with E-state index < -0.39 is 54.2 Å². The number of aliphatic hydroxyl groups is 1. The van der Waals surface area contributed by atoms with Gasteiger partial charge in [0, 0.05) is 133 Å². The van der Waals surface area contributed by atoms with Gasteiger partial charge in [0.15, 0.2) is 11.2 Å². The van der Waals surface area contributed by atoms with Crippen LogP contribution in [-0.4, -0.2) is 56.7 Å². The van der Waals surface area contributed by atoms with Crippen LogP contribution in [0.15, 0.2) is 55.6 Å². The first kappa shape index (κ1) is 48.5. The topological polar surface area (TPSA) is 157 Å². The third-order valence-corrected chi connectivity index (χ3v) is 27.0. The molecule has 0 bridgehead atoms. The number of esters is 2. The lowest BCUT2D eigenvalue weighted by atomic mass is 9.96. The van der Waals surface area contributed by atoms with Crippen molar-refractivity contribution >= 4 is 144 Å². The Hall–Kier alpha value is -0.640. The molecule has 3 atom stereocenters. The monoisotopic (exact) mass is 896 g/mol. The maximum atomic E-state index is 11.8. The average molecular weight is 897 g/mol. The molecule has 1 aromatic rings. The molecular formula is C24H32O10S13. The molecule has 1 fully saturated rings. The molecule has 1 aromatic carbocycles. The maximum Gasteiger partial charge on any atom is 0.341 e. The number of carboxylic acid groups (broad SMARTS) is 2. The van der Waals surface area contributed by atoms with Crippen molar-refractivity contribution in [1.82, 2.24) is 0 Å². The van der Waals surface area contributed by atoms with E-state index in [1.165, 1.54) is 29.9 Å². The van der Waals surface area contributed by atoms with Crippen LogP contribution in [0.25, 0.3) is 0 Å². The number of cyclic esters (lactones) is 1. The molecule has 0 spiro atoms. The minimum absolute atomic E-state index is 0. The van der Waals surface area contributed by atoms with Gasteiger partial charge in [-0.15, -0.1) is 13.2 Å². The van der Waals surface area contributed by atoms with Gasteiger partial charge in [0.2, 0.25) is 6.29 Å². The van der Waals surface area contributed by atoms with E-state index in [0.717, 1.165) is 5.56 Å². The molecule has 0 amide bonds. The number of rotatable bonds is 11. The molecule has 266 valence electrons. The molecule has 0 saturated carbocycles. The Balaban J connectivity index is 0. The molecule has 1 unspecified atom stereocenters. The van der Waals surface area contributed by atoms with E-state index in [1.807, 2.05) is 6.07 Å². The van der Waals surface area contributed by atoms with Gasteiger partial charge in [-0.25, -0.2) is 9.59 Å². The van der Waals surface area contributed by atoms with Gasteiger partial charge in [-0.3, -0.25) is 9.59 Å². The lowest BCUT2D eigenvalue weighted by molar-refractivity contribution is -0.171. The predicted molar refractivity (Wildman–Crippen MR) is 217 cm³/mol. The van der Waals surface area contributed by atoms with Crippen molar-refractivity contribution in [2.45, 2.75) is 64.1 Å². The molecule has 3 N–H and O–H groups in total. The molecule has 10 nitrogen and oxygen atoms in total. The Labute approximate surface area is 314 Å². The number of carboxylic acids is 2. The van der Waals surface area contributed by atoms with Crippen LogP contribution in [-0.2, 0) is 160 Å². The molecule has 47 heavy (non-hydrogen) atoms. The number of hydrogen-bond donors (Lipinski definition) is 3. The van der Waals surface area contributed by atoms with Crippen molar-refractivity contribution in [1.29, 1.82) is 0 Å². The van der Waals surface area contributed by atoms with E-state index in [9.17, 15) is 24.3 Å². The highest BCUT2D eigenvalue weighted by molar-refractivity contribution is 8.75. The summed E-state index contributed by atoms with van der Waals surface area (Å²) in [5.41, 5.74) is -2.69. The van der Waals surface area contributed by atoms with Gasteiger partial charge in [0.1, 0.15) is 6.61 Å². The van der Waals surface area contributed by atoms with Crippen LogP contribution in [0.5, 0.6) is 0 Å². The standard InChI is InChI=1S/C14H16O5.C9H12O5.CH4.S13/c1-2-8-14(18,9-12(15)16)13(17)19-10-11-6-4-3-5-7-11;1-3-4-9(5-7(10)11)8(12)13-6(2)14-9;;1-3-5-7-9-11-13-12-10-8-6-4-2/h2-7,18H,1,8-10H2,(H,15,16);3,6H,1,4-5H2,2H3,(H,10,11);1H4;/t14-;6-,9?;;/m10../s1. The normalized spacial score (nSPS) is 16.6. The SMILES string of the molecule is C.C=CCC1(CC(=O)O)O[C@@H](C)OC1=O.C=CC[C@@](O)(CC(=O)O)C(=O)OCc1ccccc1.S=S=S=S=S=S=S=S=S=S=S=S=S. The second-order valence-corrected chi connectivity index (χ2v) is 27.5. The Bertz CT molecular complexity index is 1670. The van der Waals surface area contributed by atoms with Gasteiger partial charge in [0.25, 0.3) is 0 Å². The summed E-state index contributed by atoms with van der Waals surface area (Å²) in [6, 6.07) is 8.92. The average Bonchev–Trinajstić information content (AvgIpc) is 3.27. The summed E-state index contributed by atoms with van der Waals surface area (Å²) in [6.07, 6.45) is 0.890. The molecule has 1 aliphatic heterocycles. The minimum atomic E-state index is -2.07. The summed E-state index contributed by atoms with van der Waals surface area (Å²) in [4.78, 5) is 44.4. The quantitative estimate of drug-likeness (QED) is 0.221. The summed E-state index contributed by atoms with van der Waals surface area (Å²) in [5.74, 6) is -3.97. The smallest absolute Gasteiger partial charge is 0.341 e. The second-order valence-electron chi connectivity index (χ2n) is 8.05. The first-order valence-corrected chi connectivity index (χ1v) is 28.0. The summed E-state index contributed by atoms with van der Waals surface area (Å²) < 4.78 is 14.9. The van der Waals surface area contributed by atoms with Crippen LogP contribution in [0.2, 0.25) is 0 Å². The van der Waals surface area contributed by atoms with Crippen LogP contribution in [0.1, 0.15) is 45.6 Å². The van der Waals surface area contributed by atoms with Gasteiger partial charge >= 0.3 is 23.9 Å². The van der Waals surface area contributed by atoms with E-state index in [4.69, 9.17) is 46.8 Å². The molecule has 0 radical (unpaired) electrons. The van der Waals surface area contributed by atoms with Gasteiger partial charge in [-0.2, -0.15) is 0 Å². The molecule has 1 heterocycles. The number of benzene rings is 1. The highest BCUT2D eigenvalue weighted by Gasteiger charge is 2.49. The molecule has 0 aliphatic carbocycles. The third kappa shape index (κ3) is 22.7. The highest BCUT2D eigenvalue weighted by atomic mass is 33.5. The van der Waals surface area contributed by atoms with Crippen molar-refractivity contribution in [2.75, 3.05) is 0 Å². The highest BCUT2D eigenvalue weighted by Crippen LogP contribution is 2.31. The van der Waals surface area contributed by atoms with E-state index in [1.54, 1.807) is 111 Å². The van der Waals surface area contributed by atoms with Crippen LogP contribution in [0, 0.1) is 0 Å². The summed E-state index contributed by atoms with van der Waals surface area (Å²) >= 11 is 9.40. The zero-order chi connectivity index (χ0) is 34.8. The second kappa shape index (κ2) is 29.1. The zero-order valence-corrected chi connectivity index (χ0v) is 34.2. The Morgan fingerprint density at radius 2 is 1.45 bits per heavy atom. The van der Waals surface area contributed by atoms with Gasteiger partial charge in [-0.1, -0.05) is 49.9 Å². The van der Waals surface area contributed by atoms with Crippen molar-refractivity contribution in [3.63, 3.8) is 0 Å². The van der Waals surface area contributed by atoms with Crippen molar-refractivity contribution in [3.05, 3.63) is 61.2 Å². The Kier molecular flexibility index (Phi) is 30.0. The molecule has 23 heteroatoms. The molecule has 0 aromatic heterocycles. The molecular weight excluding hydrogens is 865 g/mol.